The van der Waals surface area contributed by atoms with Gasteiger partial charge >= 0.3 is 0 Å². The zero-order chi connectivity index (χ0) is 21.0. The van der Waals surface area contributed by atoms with E-state index in [2.05, 4.69) is 38.2 Å². The van der Waals surface area contributed by atoms with Crippen molar-refractivity contribution in [1.29, 1.82) is 0 Å². The highest BCUT2D eigenvalue weighted by Gasteiger charge is 2.28. The minimum atomic E-state index is -0.0720. The summed E-state index contributed by atoms with van der Waals surface area (Å²) in [4.78, 5) is 27.1. The Labute approximate surface area is 173 Å². The van der Waals surface area contributed by atoms with Gasteiger partial charge in [-0.25, -0.2) is 0 Å². The molecule has 1 saturated heterocycles. The summed E-state index contributed by atoms with van der Waals surface area (Å²) in [6.45, 7) is 7.68. The Morgan fingerprint density at radius 3 is 2.07 bits per heavy atom. The molecular formula is C24H30N2O3. The molecule has 1 heterocycles. The predicted molar refractivity (Wildman–Crippen MR) is 115 cm³/mol. The molecule has 0 bridgehead atoms. The Morgan fingerprint density at radius 2 is 1.55 bits per heavy atom. The number of likely N-dealkylation sites (tertiary alicyclic amines) is 1. The number of benzene rings is 2. The molecule has 1 N–H and O–H groups in total. The zero-order valence-corrected chi connectivity index (χ0v) is 17.7. The molecule has 2 aromatic carbocycles. The monoisotopic (exact) mass is 394 g/mol. The van der Waals surface area contributed by atoms with Gasteiger partial charge in [0.05, 0.1) is 7.11 Å². The number of rotatable bonds is 4. The lowest BCUT2D eigenvalue weighted by Crippen LogP contribution is -2.41. The van der Waals surface area contributed by atoms with Gasteiger partial charge in [-0.15, -0.1) is 0 Å². The standard InChI is InChI=1S/C24H30N2O3/c1-24(2,3)19-7-9-20(10-8-19)25-22(27)17-13-15-26(16-14-17)23(28)18-5-11-21(29-4)12-6-18/h5-12,17H,13-16H2,1-4H3,(H,25,27). The molecule has 5 nitrogen and oxygen atoms in total. The Morgan fingerprint density at radius 1 is 0.966 bits per heavy atom. The van der Waals surface area contributed by atoms with E-state index in [9.17, 15) is 9.59 Å². The van der Waals surface area contributed by atoms with E-state index in [0.29, 0.717) is 31.5 Å². The molecule has 2 aromatic rings. The third kappa shape index (κ3) is 5.17. The molecule has 154 valence electrons. The van der Waals surface area contributed by atoms with Crippen molar-refractivity contribution in [3.8, 4) is 5.75 Å². The van der Waals surface area contributed by atoms with Crippen LogP contribution in [-0.4, -0.2) is 36.9 Å². The van der Waals surface area contributed by atoms with E-state index in [4.69, 9.17) is 4.74 Å². The molecule has 0 spiro atoms. The van der Waals surface area contributed by atoms with Crippen molar-refractivity contribution in [2.45, 2.75) is 39.0 Å². The van der Waals surface area contributed by atoms with Crippen LogP contribution in [0.1, 0.15) is 49.5 Å². The lowest BCUT2D eigenvalue weighted by Gasteiger charge is -2.31. The molecule has 0 atom stereocenters. The highest BCUT2D eigenvalue weighted by atomic mass is 16.5. The van der Waals surface area contributed by atoms with Gasteiger partial charge in [-0.2, -0.15) is 0 Å². The van der Waals surface area contributed by atoms with Crippen LogP contribution in [0.5, 0.6) is 5.75 Å². The van der Waals surface area contributed by atoms with Crippen molar-refractivity contribution in [2.75, 3.05) is 25.5 Å². The van der Waals surface area contributed by atoms with Crippen LogP contribution in [0.4, 0.5) is 5.69 Å². The first-order valence-electron chi connectivity index (χ1n) is 10.1. The summed E-state index contributed by atoms with van der Waals surface area (Å²) in [5.41, 5.74) is 2.79. The molecule has 3 rings (SSSR count). The fourth-order valence-electron chi connectivity index (χ4n) is 3.56. The predicted octanol–water partition coefficient (Wildman–Crippen LogP) is 4.48. The molecule has 0 radical (unpaired) electrons. The summed E-state index contributed by atoms with van der Waals surface area (Å²) in [6, 6.07) is 15.2. The van der Waals surface area contributed by atoms with Gasteiger partial charge in [-0.05, 0) is 60.2 Å². The normalized spacial score (nSPS) is 15.1. The largest absolute Gasteiger partial charge is 0.497 e. The van der Waals surface area contributed by atoms with E-state index in [0.717, 1.165) is 11.4 Å². The van der Waals surface area contributed by atoms with Crippen LogP contribution >= 0.6 is 0 Å². The van der Waals surface area contributed by atoms with Crippen LogP contribution < -0.4 is 10.1 Å². The molecule has 0 aliphatic carbocycles. The SMILES string of the molecule is COc1ccc(C(=O)N2CCC(C(=O)Nc3ccc(C(C)(C)C)cc3)CC2)cc1. The number of carbonyl (C=O) groups is 2. The van der Waals surface area contributed by atoms with Crippen LogP contribution in [0.25, 0.3) is 0 Å². The lowest BCUT2D eigenvalue weighted by molar-refractivity contribution is -0.121. The molecule has 29 heavy (non-hydrogen) atoms. The zero-order valence-electron chi connectivity index (χ0n) is 17.7. The van der Waals surface area contributed by atoms with Crippen molar-refractivity contribution >= 4 is 17.5 Å². The van der Waals surface area contributed by atoms with Crippen LogP contribution in [0.3, 0.4) is 0 Å². The van der Waals surface area contributed by atoms with Gasteiger partial charge in [-0.1, -0.05) is 32.9 Å². The van der Waals surface area contributed by atoms with Gasteiger partial charge < -0.3 is 15.0 Å². The number of nitrogens with one attached hydrogen (secondary N) is 1. The number of hydrogen-bond acceptors (Lipinski definition) is 3. The van der Waals surface area contributed by atoms with E-state index < -0.39 is 0 Å². The quantitative estimate of drug-likeness (QED) is 0.832. The topological polar surface area (TPSA) is 58.6 Å². The first-order valence-corrected chi connectivity index (χ1v) is 10.1. The van der Waals surface area contributed by atoms with E-state index >= 15 is 0 Å². The molecule has 0 unspecified atom stereocenters. The lowest BCUT2D eigenvalue weighted by atomic mass is 9.87. The van der Waals surface area contributed by atoms with Crippen LogP contribution in [0, 0.1) is 5.92 Å². The van der Waals surface area contributed by atoms with Gasteiger partial charge in [0, 0.05) is 30.3 Å². The molecule has 1 aliphatic rings. The average Bonchev–Trinajstić information content (AvgIpc) is 2.73. The van der Waals surface area contributed by atoms with Crippen molar-refractivity contribution in [3.05, 3.63) is 59.7 Å². The number of nitrogens with zero attached hydrogens (tertiary/aromatic N) is 1. The second kappa shape index (κ2) is 8.68. The molecule has 0 aromatic heterocycles. The summed E-state index contributed by atoms with van der Waals surface area (Å²) in [5.74, 6) is 0.694. The molecule has 1 fully saturated rings. The van der Waals surface area contributed by atoms with Crippen molar-refractivity contribution in [3.63, 3.8) is 0 Å². The number of piperidine rings is 1. The summed E-state index contributed by atoms with van der Waals surface area (Å²) in [7, 11) is 1.60. The van der Waals surface area contributed by atoms with Gasteiger partial charge in [0.1, 0.15) is 5.75 Å². The minimum absolute atomic E-state index is 0.00396. The molecule has 2 amide bonds. The number of amides is 2. The Balaban J connectivity index is 1.53. The number of ether oxygens (including phenoxy) is 1. The maximum absolute atomic E-state index is 12.7. The average molecular weight is 395 g/mol. The minimum Gasteiger partial charge on any atom is -0.497 e. The fraction of sp³-hybridized carbons (Fsp3) is 0.417. The fourth-order valence-corrected chi connectivity index (χ4v) is 3.56. The first kappa shape index (κ1) is 20.9. The summed E-state index contributed by atoms with van der Waals surface area (Å²) in [6.07, 6.45) is 1.35. The maximum Gasteiger partial charge on any atom is 0.253 e. The Hall–Kier alpha value is -2.82. The highest BCUT2D eigenvalue weighted by Crippen LogP contribution is 2.25. The smallest absolute Gasteiger partial charge is 0.253 e. The van der Waals surface area contributed by atoms with Crippen molar-refractivity contribution < 1.29 is 14.3 Å². The van der Waals surface area contributed by atoms with E-state index in [1.807, 2.05) is 17.0 Å². The van der Waals surface area contributed by atoms with E-state index in [1.165, 1.54) is 5.56 Å². The third-order valence-electron chi connectivity index (χ3n) is 5.51. The molecular weight excluding hydrogens is 364 g/mol. The number of carbonyl (C=O) groups excluding carboxylic acids is 2. The molecule has 0 saturated carbocycles. The summed E-state index contributed by atoms with van der Waals surface area (Å²) >= 11 is 0. The number of hydrogen-bond donors (Lipinski definition) is 1. The number of anilines is 1. The summed E-state index contributed by atoms with van der Waals surface area (Å²) in [5, 5.41) is 3.02. The van der Waals surface area contributed by atoms with E-state index in [1.54, 1.807) is 31.4 Å². The van der Waals surface area contributed by atoms with Crippen molar-refractivity contribution in [1.82, 2.24) is 4.90 Å². The second-order valence-corrected chi connectivity index (χ2v) is 8.61. The van der Waals surface area contributed by atoms with Crippen LogP contribution in [-0.2, 0) is 10.2 Å². The molecule has 5 heteroatoms. The van der Waals surface area contributed by atoms with Crippen LogP contribution in [0.2, 0.25) is 0 Å². The van der Waals surface area contributed by atoms with Crippen LogP contribution in [0.15, 0.2) is 48.5 Å². The van der Waals surface area contributed by atoms with Crippen molar-refractivity contribution in [2.24, 2.45) is 5.92 Å². The first-order chi connectivity index (χ1) is 13.8. The second-order valence-electron chi connectivity index (χ2n) is 8.61. The molecule has 1 aliphatic heterocycles. The van der Waals surface area contributed by atoms with Gasteiger partial charge in [0.2, 0.25) is 5.91 Å². The van der Waals surface area contributed by atoms with Gasteiger partial charge in [0.15, 0.2) is 0 Å². The Kier molecular flexibility index (Phi) is 6.26. The maximum atomic E-state index is 12.7. The third-order valence-corrected chi connectivity index (χ3v) is 5.51. The highest BCUT2D eigenvalue weighted by molar-refractivity contribution is 5.95. The van der Waals surface area contributed by atoms with Gasteiger partial charge in [-0.3, -0.25) is 9.59 Å². The summed E-state index contributed by atoms with van der Waals surface area (Å²) < 4.78 is 5.14. The van der Waals surface area contributed by atoms with E-state index in [-0.39, 0.29) is 23.1 Å². The van der Waals surface area contributed by atoms with Gasteiger partial charge in [0.25, 0.3) is 5.91 Å². The number of methoxy groups -OCH3 is 1. The Bertz CT molecular complexity index is 843.